The maximum absolute atomic E-state index is 12.0. The first-order valence-electron chi connectivity index (χ1n) is 6.53. The van der Waals surface area contributed by atoms with E-state index in [1.807, 2.05) is 24.3 Å². The van der Waals surface area contributed by atoms with Crippen LogP contribution in [0.25, 0.3) is 11.1 Å². The van der Waals surface area contributed by atoms with E-state index in [2.05, 4.69) is 10.3 Å². The molecule has 1 saturated heterocycles. The number of nitrogens with one attached hydrogen (secondary N) is 1. The molecule has 5 nitrogen and oxygen atoms in total. The van der Waals surface area contributed by atoms with Crippen molar-refractivity contribution in [2.24, 2.45) is 5.92 Å². The van der Waals surface area contributed by atoms with Crippen LogP contribution in [0.4, 0.5) is 0 Å². The standard InChI is InChI=1S/C14H16N2O3/c17-14(10-5-7-18-8-6-10)15-9-13-16-11-3-1-2-4-12(11)19-13/h1-4,10H,5-9H2,(H,15,17). The van der Waals surface area contributed by atoms with Gasteiger partial charge in [-0.25, -0.2) is 4.98 Å². The summed E-state index contributed by atoms with van der Waals surface area (Å²) in [6.45, 7) is 1.67. The van der Waals surface area contributed by atoms with Gasteiger partial charge in [-0.2, -0.15) is 0 Å². The number of carbonyl (C=O) groups excluding carboxylic acids is 1. The van der Waals surface area contributed by atoms with E-state index in [1.54, 1.807) is 0 Å². The van der Waals surface area contributed by atoms with E-state index in [1.165, 1.54) is 0 Å². The lowest BCUT2D eigenvalue weighted by molar-refractivity contribution is -0.128. The lowest BCUT2D eigenvalue weighted by Gasteiger charge is -2.20. The first-order valence-corrected chi connectivity index (χ1v) is 6.53. The highest BCUT2D eigenvalue weighted by molar-refractivity contribution is 5.78. The average Bonchev–Trinajstić information content (AvgIpc) is 2.88. The number of ether oxygens (including phenoxy) is 1. The van der Waals surface area contributed by atoms with Gasteiger partial charge < -0.3 is 14.5 Å². The molecule has 2 aromatic rings. The van der Waals surface area contributed by atoms with Gasteiger partial charge in [-0.3, -0.25) is 4.79 Å². The Kier molecular flexibility index (Phi) is 3.46. The summed E-state index contributed by atoms with van der Waals surface area (Å²) in [5, 5.41) is 2.88. The first-order chi connectivity index (χ1) is 9.33. The quantitative estimate of drug-likeness (QED) is 0.915. The van der Waals surface area contributed by atoms with Crippen LogP contribution in [0.3, 0.4) is 0 Å². The fourth-order valence-corrected chi connectivity index (χ4v) is 2.26. The minimum atomic E-state index is 0.0538. The summed E-state index contributed by atoms with van der Waals surface area (Å²) in [7, 11) is 0. The zero-order chi connectivity index (χ0) is 13.1. The van der Waals surface area contributed by atoms with Crippen LogP contribution >= 0.6 is 0 Å². The molecule has 1 aliphatic rings. The van der Waals surface area contributed by atoms with Crippen molar-refractivity contribution < 1.29 is 13.9 Å². The maximum Gasteiger partial charge on any atom is 0.223 e. The molecule has 1 fully saturated rings. The predicted molar refractivity (Wildman–Crippen MR) is 69.4 cm³/mol. The summed E-state index contributed by atoms with van der Waals surface area (Å²) in [5.74, 6) is 0.658. The third kappa shape index (κ3) is 2.76. The molecule has 1 aliphatic heterocycles. The second-order valence-corrected chi connectivity index (χ2v) is 4.68. The number of oxazole rings is 1. The van der Waals surface area contributed by atoms with Crippen molar-refractivity contribution in [1.82, 2.24) is 10.3 Å². The van der Waals surface area contributed by atoms with E-state index >= 15 is 0 Å². The number of nitrogens with zero attached hydrogens (tertiary/aromatic N) is 1. The number of aromatic nitrogens is 1. The minimum absolute atomic E-state index is 0.0538. The molecule has 1 aromatic heterocycles. The fraction of sp³-hybridized carbons (Fsp3) is 0.429. The van der Waals surface area contributed by atoms with Gasteiger partial charge in [0, 0.05) is 19.1 Å². The SMILES string of the molecule is O=C(NCc1nc2ccccc2o1)C1CCOCC1. The van der Waals surface area contributed by atoms with Crippen LogP contribution in [0.5, 0.6) is 0 Å². The lowest BCUT2D eigenvalue weighted by atomic mass is 9.99. The molecule has 0 radical (unpaired) electrons. The number of fused-ring (bicyclic) bond motifs is 1. The summed E-state index contributed by atoms with van der Waals surface area (Å²) >= 11 is 0. The van der Waals surface area contributed by atoms with Gasteiger partial charge in [0.2, 0.25) is 11.8 Å². The molecular weight excluding hydrogens is 244 g/mol. The van der Waals surface area contributed by atoms with Gasteiger partial charge in [0.15, 0.2) is 5.58 Å². The van der Waals surface area contributed by atoms with Crippen LogP contribution < -0.4 is 5.32 Å². The molecule has 0 atom stereocenters. The van der Waals surface area contributed by atoms with Gasteiger partial charge in [-0.1, -0.05) is 12.1 Å². The van der Waals surface area contributed by atoms with Gasteiger partial charge in [0.25, 0.3) is 0 Å². The van der Waals surface area contributed by atoms with E-state index in [4.69, 9.17) is 9.15 Å². The first kappa shape index (κ1) is 12.2. The van der Waals surface area contributed by atoms with Crippen molar-refractivity contribution in [3.05, 3.63) is 30.2 Å². The van der Waals surface area contributed by atoms with E-state index in [9.17, 15) is 4.79 Å². The molecule has 19 heavy (non-hydrogen) atoms. The molecule has 0 bridgehead atoms. The predicted octanol–water partition coefficient (Wildman–Crippen LogP) is 1.87. The van der Waals surface area contributed by atoms with Gasteiger partial charge in [-0.15, -0.1) is 0 Å². The molecule has 2 heterocycles. The van der Waals surface area contributed by atoms with Crippen LogP contribution in [0.1, 0.15) is 18.7 Å². The van der Waals surface area contributed by atoms with Crippen LogP contribution in [0.2, 0.25) is 0 Å². The molecule has 0 aliphatic carbocycles. The van der Waals surface area contributed by atoms with Crippen molar-refractivity contribution in [3.8, 4) is 0 Å². The van der Waals surface area contributed by atoms with Gasteiger partial charge in [-0.05, 0) is 25.0 Å². The normalized spacial score (nSPS) is 16.6. The van der Waals surface area contributed by atoms with Gasteiger partial charge in [0.05, 0.1) is 6.54 Å². The number of hydrogen-bond acceptors (Lipinski definition) is 4. The summed E-state index contributed by atoms with van der Waals surface area (Å²) in [6, 6.07) is 7.57. The molecular formula is C14H16N2O3. The highest BCUT2D eigenvalue weighted by Crippen LogP contribution is 2.16. The molecule has 1 amide bonds. The Hall–Kier alpha value is -1.88. The Morgan fingerprint density at radius 1 is 1.32 bits per heavy atom. The second kappa shape index (κ2) is 5.40. The third-order valence-corrected chi connectivity index (χ3v) is 3.34. The maximum atomic E-state index is 12.0. The zero-order valence-corrected chi connectivity index (χ0v) is 10.6. The average molecular weight is 260 g/mol. The minimum Gasteiger partial charge on any atom is -0.439 e. The van der Waals surface area contributed by atoms with Gasteiger partial charge >= 0.3 is 0 Å². The Bertz CT molecular complexity index is 540. The summed E-state index contributed by atoms with van der Waals surface area (Å²) < 4.78 is 10.8. The molecule has 0 saturated carbocycles. The van der Waals surface area contributed by atoms with Crippen LogP contribution in [0, 0.1) is 5.92 Å². The summed E-state index contributed by atoms with van der Waals surface area (Å²) in [5.41, 5.74) is 1.57. The highest BCUT2D eigenvalue weighted by atomic mass is 16.5. The smallest absolute Gasteiger partial charge is 0.223 e. The molecule has 1 aromatic carbocycles. The third-order valence-electron chi connectivity index (χ3n) is 3.34. The Labute approximate surface area is 111 Å². The van der Waals surface area contributed by atoms with Crippen LogP contribution in [0.15, 0.2) is 28.7 Å². The largest absolute Gasteiger partial charge is 0.439 e. The zero-order valence-electron chi connectivity index (χ0n) is 10.6. The van der Waals surface area contributed by atoms with E-state index < -0.39 is 0 Å². The number of para-hydroxylation sites is 2. The van der Waals surface area contributed by atoms with Crippen molar-refractivity contribution in [2.45, 2.75) is 19.4 Å². The van der Waals surface area contributed by atoms with Crippen molar-refractivity contribution >= 4 is 17.0 Å². The number of rotatable bonds is 3. The topological polar surface area (TPSA) is 64.4 Å². The van der Waals surface area contributed by atoms with E-state index in [-0.39, 0.29) is 11.8 Å². The van der Waals surface area contributed by atoms with Crippen molar-refractivity contribution in [1.29, 1.82) is 0 Å². The molecule has 0 spiro atoms. The molecule has 5 heteroatoms. The molecule has 0 unspecified atom stereocenters. The lowest BCUT2D eigenvalue weighted by Crippen LogP contribution is -2.33. The molecule has 3 rings (SSSR count). The second-order valence-electron chi connectivity index (χ2n) is 4.68. The Balaban J connectivity index is 1.60. The fourth-order valence-electron chi connectivity index (χ4n) is 2.26. The number of carbonyl (C=O) groups is 1. The Morgan fingerprint density at radius 2 is 2.11 bits per heavy atom. The molecule has 1 N–H and O–H groups in total. The van der Waals surface area contributed by atoms with Crippen molar-refractivity contribution in [2.75, 3.05) is 13.2 Å². The summed E-state index contributed by atoms with van der Waals surface area (Å²) in [4.78, 5) is 16.3. The monoisotopic (exact) mass is 260 g/mol. The highest BCUT2D eigenvalue weighted by Gasteiger charge is 2.21. The Morgan fingerprint density at radius 3 is 2.89 bits per heavy atom. The van der Waals surface area contributed by atoms with Gasteiger partial charge in [0.1, 0.15) is 5.52 Å². The number of benzene rings is 1. The number of amides is 1. The van der Waals surface area contributed by atoms with Crippen LogP contribution in [-0.2, 0) is 16.1 Å². The van der Waals surface area contributed by atoms with Crippen molar-refractivity contribution in [3.63, 3.8) is 0 Å². The summed E-state index contributed by atoms with van der Waals surface area (Å²) in [6.07, 6.45) is 1.58. The number of hydrogen-bond donors (Lipinski definition) is 1. The molecule has 100 valence electrons. The van der Waals surface area contributed by atoms with E-state index in [0.717, 1.165) is 23.9 Å². The van der Waals surface area contributed by atoms with E-state index in [0.29, 0.717) is 25.6 Å². The van der Waals surface area contributed by atoms with Crippen LogP contribution in [-0.4, -0.2) is 24.1 Å².